The van der Waals surface area contributed by atoms with Gasteiger partial charge in [0.05, 0.1) is 7.11 Å². The van der Waals surface area contributed by atoms with E-state index in [0.717, 1.165) is 17.5 Å². The average molecular weight is 210 g/mol. The van der Waals surface area contributed by atoms with Gasteiger partial charge in [0, 0.05) is 6.61 Å². The van der Waals surface area contributed by atoms with Crippen LogP contribution in [0.2, 0.25) is 0 Å². The normalized spacial score (nSPS) is 12.5. The van der Waals surface area contributed by atoms with Crippen LogP contribution < -0.4 is 4.74 Å². The standard InChI is InChI=1S/C12H18O3/c1-8(7-13)4-10-5-9(2)12(15-3)11(14)6-10/h5-6,8,13-14H,4,7H2,1-3H3/t8-/m0/s1. The summed E-state index contributed by atoms with van der Waals surface area (Å²) in [7, 11) is 1.54. The van der Waals surface area contributed by atoms with Crippen LogP contribution in [0.25, 0.3) is 0 Å². The molecular formula is C12H18O3. The molecule has 0 unspecified atom stereocenters. The van der Waals surface area contributed by atoms with Crippen LogP contribution >= 0.6 is 0 Å². The van der Waals surface area contributed by atoms with Crippen LogP contribution in [0.15, 0.2) is 12.1 Å². The van der Waals surface area contributed by atoms with Crippen molar-refractivity contribution < 1.29 is 14.9 Å². The van der Waals surface area contributed by atoms with E-state index in [1.165, 1.54) is 7.11 Å². The Labute approximate surface area is 90.3 Å². The maximum atomic E-state index is 9.67. The molecule has 84 valence electrons. The fraction of sp³-hybridized carbons (Fsp3) is 0.500. The highest BCUT2D eigenvalue weighted by Gasteiger charge is 2.09. The van der Waals surface area contributed by atoms with Crippen molar-refractivity contribution in [1.29, 1.82) is 0 Å². The van der Waals surface area contributed by atoms with Crippen molar-refractivity contribution in [3.05, 3.63) is 23.3 Å². The van der Waals surface area contributed by atoms with Gasteiger partial charge in [-0.1, -0.05) is 13.0 Å². The molecular weight excluding hydrogens is 192 g/mol. The van der Waals surface area contributed by atoms with Crippen molar-refractivity contribution in [1.82, 2.24) is 0 Å². The summed E-state index contributed by atoms with van der Waals surface area (Å²) in [4.78, 5) is 0. The lowest BCUT2D eigenvalue weighted by molar-refractivity contribution is 0.237. The Kier molecular flexibility index (Phi) is 3.97. The predicted molar refractivity (Wildman–Crippen MR) is 59.3 cm³/mol. The molecule has 15 heavy (non-hydrogen) atoms. The zero-order chi connectivity index (χ0) is 11.4. The number of aromatic hydroxyl groups is 1. The Morgan fingerprint density at radius 1 is 1.40 bits per heavy atom. The first kappa shape index (κ1) is 11.9. The van der Waals surface area contributed by atoms with E-state index in [2.05, 4.69) is 0 Å². The summed E-state index contributed by atoms with van der Waals surface area (Å²) in [6.45, 7) is 4.02. The van der Waals surface area contributed by atoms with Crippen molar-refractivity contribution in [2.24, 2.45) is 5.92 Å². The lowest BCUT2D eigenvalue weighted by Crippen LogP contribution is -2.04. The van der Waals surface area contributed by atoms with Crippen LogP contribution in [-0.2, 0) is 6.42 Å². The first-order valence-corrected chi connectivity index (χ1v) is 5.05. The van der Waals surface area contributed by atoms with E-state index in [0.29, 0.717) is 5.75 Å². The van der Waals surface area contributed by atoms with Crippen LogP contribution in [-0.4, -0.2) is 23.9 Å². The number of aliphatic hydroxyl groups is 1. The summed E-state index contributed by atoms with van der Waals surface area (Å²) in [5.41, 5.74) is 1.94. The number of methoxy groups -OCH3 is 1. The van der Waals surface area contributed by atoms with Gasteiger partial charge >= 0.3 is 0 Å². The van der Waals surface area contributed by atoms with Gasteiger partial charge in [0.1, 0.15) is 0 Å². The van der Waals surface area contributed by atoms with Crippen LogP contribution in [0, 0.1) is 12.8 Å². The number of benzene rings is 1. The van der Waals surface area contributed by atoms with Crippen molar-refractivity contribution in [2.75, 3.05) is 13.7 Å². The molecule has 2 N–H and O–H groups in total. The van der Waals surface area contributed by atoms with E-state index in [9.17, 15) is 5.11 Å². The quantitative estimate of drug-likeness (QED) is 0.797. The van der Waals surface area contributed by atoms with Gasteiger partial charge in [-0.2, -0.15) is 0 Å². The van der Waals surface area contributed by atoms with E-state index in [4.69, 9.17) is 9.84 Å². The molecule has 0 radical (unpaired) electrons. The minimum atomic E-state index is 0.159. The highest BCUT2D eigenvalue weighted by molar-refractivity contribution is 5.48. The largest absolute Gasteiger partial charge is 0.504 e. The third-order valence-corrected chi connectivity index (χ3v) is 2.41. The van der Waals surface area contributed by atoms with Crippen molar-refractivity contribution in [3.8, 4) is 11.5 Å². The molecule has 1 aromatic rings. The fourth-order valence-electron chi connectivity index (χ4n) is 1.68. The predicted octanol–water partition coefficient (Wildman–Crippen LogP) is 1.88. The van der Waals surface area contributed by atoms with E-state index in [1.54, 1.807) is 6.07 Å². The highest BCUT2D eigenvalue weighted by Crippen LogP contribution is 2.31. The van der Waals surface area contributed by atoms with Gasteiger partial charge in [-0.25, -0.2) is 0 Å². The van der Waals surface area contributed by atoms with Gasteiger partial charge in [0.15, 0.2) is 11.5 Å². The fourth-order valence-corrected chi connectivity index (χ4v) is 1.68. The third kappa shape index (κ3) is 2.86. The monoisotopic (exact) mass is 210 g/mol. The average Bonchev–Trinajstić information content (AvgIpc) is 2.17. The summed E-state index contributed by atoms with van der Waals surface area (Å²) in [6, 6.07) is 3.67. The van der Waals surface area contributed by atoms with Crippen molar-refractivity contribution in [2.45, 2.75) is 20.3 Å². The minimum Gasteiger partial charge on any atom is -0.504 e. The van der Waals surface area contributed by atoms with Crippen LogP contribution in [0.4, 0.5) is 0 Å². The van der Waals surface area contributed by atoms with Gasteiger partial charge in [-0.3, -0.25) is 0 Å². The van der Waals surface area contributed by atoms with Gasteiger partial charge < -0.3 is 14.9 Å². The zero-order valence-electron chi connectivity index (χ0n) is 9.45. The second-order valence-electron chi connectivity index (χ2n) is 3.96. The number of phenols is 1. The summed E-state index contributed by atoms with van der Waals surface area (Å²) in [5.74, 6) is 0.894. The molecule has 0 aliphatic heterocycles. The number of ether oxygens (including phenoxy) is 1. The molecule has 3 nitrogen and oxygen atoms in total. The molecule has 1 aromatic carbocycles. The molecule has 0 spiro atoms. The topological polar surface area (TPSA) is 49.7 Å². The van der Waals surface area contributed by atoms with Gasteiger partial charge in [0.2, 0.25) is 0 Å². The second-order valence-corrected chi connectivity index (χ2v) is 3.96. The Balaban J connectivity index is 2.93. The zero-order valence-corrected chi connectivity index (χ0v) is 9.45. The molecule has 0 aliphatic carbocycles. The van der Waals surface area contributed by atoms with Gasteiger partial charge in [0.25, 0.3) is 0 Å². The number of phenolic OH excluding ortho intramolecular Hbond substituents is 1. The Morgan fingerprint density at radius 2 is 2.07 bits per heavy atom. The highest BCUT2D eigenvalue weighted by atomic mass is 16.5. The van der Waals surface area contributed by atoms with E-state index < -0.39 is 0 Å². The maximum Gasteiger partial charge on any atom is 0.163 e. The Hall–Kier alpha value is -1.22. The first-order valence-electron chi connectivity index (χ1n) is 5.05. The van der Waals surface area contributed by atoms with E-state index >= 15 is 0 Å². The molecule has 0 saturated heterocycles. The van der Waals surface area contributed by atoms with Crippen LogP contribution in [0.3, 0.4) is 0 Å². The number of rotatable bonds is 4. The molecule has 1 rings (SSSR count). The molecule has 0 aliphatic rings. The summed E-state index contributed by atoms with van der Waals surface area (Å²) in [6.07, 6.45) is 0.759. The molecule has 0 fully saturated rings. The molecule has 0 aromatic heterocycles. The number of aryl methyl sites for hydroxylation is 1. The van der Waals surface area contributed by atoms with Crippen LogP contribution in [0.1, 0.15) is 18.1 Å². The lowest BCUT2D eigenvalue weighted by Gasteiger charge is -2.12. The molecule has 0 amide bonds. The summed E-state index contributed by atoms with van der Waals surface area (Å²) in [5, 5.41) is 18.6. The number of hydrogen-bond acceptors (Lipinski definition) is 3. The van der Waals surface area contributed by atoms with E-state index in [-0.39, 0.29) is 18.3 Å². The SMILES string of the molecule is COc1c(C)cc(C[C@H](C)CO)cc1O. The molecule has 0 heterocycles. The summed E-state index contributed by atoms with van der Waals surface area (Å²) < 4.78 is 5.06. The summed E-state index contributed by atoms with van der Waals surface area (Å²) >= 11 is 0. The third-order valence-electron chi connectivity index (χ3n) is 2.41. The molecule has 0 bridgehead atoms. The minimum absolute atomic E-state index is 0.159. The Bertz CT molecular complexity index is 311. The molecule has 1 atom stereocenters. The number of aliphatic hydroxyl groups excluding tert-OH is 1. The van der Waals surface area contributed by atoms with Crippen molar-refractivity contribution in [3.63, 3.8) is 0 Å². The first-order chi connectivity index (χ1) is 7.08. The Morgan fingerprint density at radius 3 is 2.53 bits per heavy atom. The number of hydrogen-bond donors (Lipinski definition) is 2. The maximum absolute atomic E-state index is 9.67. The molecule has 0 saturated carbocycles. The van der Waals surface area contributed by atoms with Crippen LogP contribution in [0.5, 0.6) is 11.5 Å². The van der Waals surface area contributed by atoms with E-state index in [1.807, 2.05) is 19.9 Å². The van der Waals surface area contributed by atoms with Gasteiger partial charge in [-0.05, 0) is 36.5 Å². The smallest absolute Gasteiger partial charge is 0.163 e. The molecule has 3 heteroatoms. The lowest BCUT2D eigenvalue weighted by atomic mass is 9.99. The van der Waals surface area contributed by atoms with Gasteiger partial charge in [-0.15, -0.1) is 0 Å². The second kappa shape index (κ2) is 5.03. The van der Waals surface area contributed by atoms with Crippen molar-refractivity contribution >= 4 is 0 Å².